The summed E-state index contributed by atoms with van der Waals surface area (Å²) in [7, 11) is 0. The normalized spacial score (nSPS) is 10.3. The van der Waals surface area contributed by atoms with E-state index in [1.165, 1.54) is 6.07 Å². The molecular weight excluding hydrogens is 326 g/mol. The van der Waals surface area contributed by atoms with Gasteiger partial charge in [-0.1, -0.05) is 22.0 Å². The number of nitrogens with two attached hydrogens (primary N) is 1. The van der Waals surface area contributed by atoms with E-state index in [1.807, 2.05) is 0 Å². The second-order valence-corrected chi connectivity index (χ2v) is 5.02. The maximum atomic E-state index is 11.1. The molecule has 0 bridgehead atoms. The highest BCUT2D eigenvalue weighted by Gasteiger charge is 2.20. The number of aryl methyl sites for hydroxylation is 1. The van der Waals surface area contributed by atoms with Crippen LogP contribution in [0.4, 0.5) is 5.69 Å². The molecule has 0 aliphatic rings. The monoisotopic (exact) mass is 337 g/mol. The quantitative estimate of drug-likeness (QED) is 0.682. The van der Waals surface area contributed by atoms with Crippen LogP contribution < -0.4 is 10.5 Å². The van der Waals surface area contributed by atoms with Crippen molar-refractivity contribution in [1.82, 2.24) is 4.98 Å². The molecule has 0 spiro atoms. The number of hydrogen-bond acceptors (Lipinski definition) is 5. The predicted molar refractivity (Wildman–Crippen MR) is 77.7 cm³/mol. The van der Waals surface area contributed by atoms with Crippen molar-refractivity contribution < 1.29 is 9.66 Å². The summed E-state index contributed by atoms with van der Waals surface area (Å²) in [6.07, 6.45) is 1.55. The van der Waals surface area contributed by atoms with Gasteiger partial charge < -0.3 is 10.5 Å². The Labute approximate surface area is 123 Å². The fourth-order valence-corrected chi connectivity index (χ4v) is 2.31. The number of hydrogen-bond donors (Lipinski definition) is 1. The summed E-state index contributed by atoms with van der Waals surface area (Å²) < 4.78 is 6.24. The van der Waals surface area contributed by atoms with Crippen molar-refractivity contribution >= 4 is 21.6 Å². The number of rotatable bonds is 4. The third-order valence-electron chi connectivity index (χ3n) is 2.69. The van der Waals surface area contributed by atoms with Gasteiger partial charge in [0.15, 0.2) is 0 Å². The van der Waals surface area contributed by atoms with E-state index in [2.05, 4.69) is 20.9 Å². The van der Waals surface area contributed by atoms with E-state index >= 15 is 0 Å². The van der Waals surface area contributed by atoms with E-state index < -0.39 is 4.92 Å². The number of pyridine rings is 1. The zero-order valence-corrected chi connectivity index (χ0v) is 12.3. The van der Waals surface area contributed by atoms with Crippen LogP contribution in [-0.4, -0.2) is 9.91 Å². The average molecular weight is 338 g/mol. The van der Waals surface area contributed by atoms with Crippen molar-refractivity contribution in [2.24, 2.45) is 5.73 Å². The molecule has 7 heteroatoms. The molecule has 0 aliphatic carbocycles. The third-order valence-corrected chi connectivity index (χ3v) is 3.14. The lowest BCUT2D eigenvalue weighted by Gasteiger charge is -2.11. The molecule has 0 radical (unpaired) electrons. The number of nitro groups is 1. The van der Waals surface area contributed by atoms with Crippen molar-refractivity contribution in [3.8, 4) is 11.6 Å². The molecule has 1 heterocycles. The zero-order chi connectivity index (χ0) is 14.7. The van der Waals surface area contributed by atoms with E-state index in [1.54, 1.807) is 31.3 Å². The first-order valence-electron chi connectivity index (χ1n) is 5.79. The standard InChI is InChI=1S/C13H12BrN3O3/c1-8-5-10(14)6-11(17(18)19)12(8)20-13-9(7-15)3-2-4-16-13/h2-6H,7,15H2,1H3. The van der Waals surface area contributed by atoms with Gasteiger partial charge in [-0.2, -0.15) is 0 Å². The molecule has 0 atom stereocenters. The lowest BCUT2D eigenvalue weighted by molar-refractivity contribution is -0.385. The Morgan fingerprint density at radius 1 is 1.50 bits per heavy atom. The molecule has 0 unspecified atom stereocenters. The minimum absolute atomic E-state index is 0.120. The molecule has 2 rings (SSSR count). The molecule has 1 aromatic heterocycles. The molecule has 20 heavy (non-hydrogen) atoms. The second kappa shape index (κ2) is 5.98. The predicted octanol–water partition coefficient (Wildman–Crippen LogP) is 3.31. The van der Waals surface area contributed by atoms with Gasteiger partial charge in [0, 0.05) is 34.4 Å². The molecule has 104 valence electrons. The fraction of sp³-hybridized carbons (Fsp3) is 0.154. The Kier molecular flexibility index (Phi) is 4.31. The number of ether oxygens (including phenoxy) is 1. The van der Waals surface area contributed by atoms with Crippen LogP contribution in [0, 0.1) is 17.0 Å². The number of aromatic nitrogens is 1. The van der Waals surface area contributed by atoms with Crippen LogP contribution in [0.2, 0.25) is 0 Å². The van der Waals surface area contributed by atoms with Gasteiger partial charge in [-0.15, -0.1) is 0 Å². The maximum absolute atomic E-state index is 11.1. The molecular formula is C13H12BrN3O3. The van der Waals surface area contributed by atoms with E-state index in [0.29, 0.717) is 15.6 Å². The second-order valence-electron chi connectivity index (χ2n) is 4.10. The Hall–Kier alpha value is -1.99. The number of benzene rings is 1. The Morgan fingerprint density at radius 2 is 2.25 bits per heavy atom. The summed E-state index contributed by atoms with van der Waals surface area (Å²) in [5.74, 6) is 0.454. The summed E-state index contributed by atoms with van der Waals surface area (Å²) >= 11 is 3.23. The van der Waals surface area contributed by atoms with Gasteiger partial charge in [0.25, 0.3) is 0 Å². The van der Waals surface area contributed by atoms with Crippen molar-refractivity contribution in [2.75, 3.05) is 0 Å². The van der Waals surface area contributed by atoms with Gasteiger partial charge in [0.05, 0.1) is 4.92 Å². The first kappa shape index (κ1) is 14.4. The van der Waals surface area contributed by atoms with E-state index in [-0.39, 0.29) is 23.9 Å². The van der Waals surface area contributed by atoms with Crippen LogP contribution >= 0.6 is 15.9 Å². The Balaban J connectivity index is 2.50. The minimum Gasteiger partial charge on any atom is -0.431 e. The van der Waals surface area contributed by atoms with E-state index in [0.717, 1.165) is 0 Å². The number of nitrogens with zero attached hydrogens (tertiary/aromatic N) is 2. The lowest BCUT2D eigenvalue weighted by atomic mass is 10.2. The SMILES string of the molecule is Cc1cc(Br)cc([N+](=O)[O-])c1Oc1ncccc1CN. The van der Waals surface area contributed by atoms with Gasteiger partial charge in [0.1, 0.15) is 0 Å². The van der Waals surface area contributed by atoms with Crippen LogP contribution in [0.3, 0.4) is 0 Å². The van der Waals surface area contributed by atoms with Gasteiger partial charge in [0.2, 0.25) is 11.6 Å². The minimum atomic E-state index is -0.488. The third kappa shape index (κ3) is 2.94. The molecule has 0 saturated carbocycles. The van der Waals surface area contributed by atoms with E-state index in [4.69, 9.17) is 10.5 Å². The summed E-state index contributed by atoms with van der Waals surface area (Å²) in [5.41, 5.74) is 6.81. The molecule has 0 aliphatic heterocycles. The van der Waals surface area contributed by atoms with Gasteiger partial charge in [-0.05, 0) is 19.1 Å². The summed E-state index contributed by atoms with van der Waals surface area (Å²) in [5, 5.41) is 11.1. The van der Waals surface area contributed by atoms with Gasteiger partial charge in [-0.25, -0.2) is 4.98 Å². The average Bonchev–Trinajstić information content (AvgIpc) is 2.41. The van der Waals surface area contributed by atoms with Crippen molar-refractivity contribution in [3.05, 3.63) is 56.2 Å². The van der Waals surface area contributed by atoms with Crippen molar-refractivity contribution in [3.63, 3.8) is 0 Å². The molecule has 2 N–H and O–H groups in total. The summed E-state index contributed by atoms with van der Waals surface area (Å²) in [4.78, 5) is 14.7. The molecule has 6 nitrogen and oxygen atoms in total. The maximum Gasteiger partial charge on any atom is 0.313 e. The summed E-state index contributed by atoms with van der Waals surface area (Å²) in [6, 6.07) is 6.64. The molecule has 1 aromatic carbocycles. The molecule has 0 saturated heterocycles. The van der Waals surface area contributed by atoms with Crippen LogP contribution in [0.1, 0.15) is 11.1 Å². The Bertz CT molecular complexity index is 661. The molecule has 2 aromatic rings. The largest absolute Gasteiger partial charge is 0.431 e. The summed E-state index contributed by atoms with van der Waals surface area (Å²) in [6.45, 7) is 1.98. The van der Waals surface area contributed by atoms with Crippen molar-refractivity contribution in [1.29, 1.82) is 0 Å². The first-order valence-corrected chi connectivity index (χ1v) is 6.58. The smallest absolute Gasteiger partial charge is 0.313 e. The van der Waals surface area contributed by atoms with Gasteiger partial charge >= 0.3 is 5.69 Å². The lowest BCUT2D eigenvalue weighted by Crippen LogP contribution is -2.03. The van der Waals surface area contributed by atoms with Crippen LogP contribution in [0.25, 0.3) is 0 Å². The number of halogens is 1. The van der Waals surface area contributed by atoms with Crippen LogP contribution in [0.15, 0.2) is 34.9 Å². The first-order chi connectivity index (χ1) is 9.52. The molecule has 0 fully saturated rings. The van der Waals surface area contributed by atoms with E-state index in [9.17, 15) is 10.1 Å². The fourth-order valence-electron chi connectivity index (χ4n) is 1.75. The zero-order valence-electron chi connectivity index (χ0n) is 10.7. The van der Waals surface area contributed by atoms with Crippen LogP contribution in [0.5, 0.6) is 11.6 Å². The molecule has 0 amide bonds. The highest BCUT2D eigenvalue weighted by atomic mass is 79.9. The topological polar surface area (TPSA) is 91.3 Å². The van der Waals surface area contributed by atoms with Gasteiger partial charge in [-0.3, -0.25) is 10.1 Å². The Morgan fingerprint density at radius 3 is 2.90 bits per heavy atom. The highest BCUT2D eigenvalue weighted by Crippen LogP contribution is 2.37. The highest BCUT2D eigenvalue weighted by molar-refractivity contribution is 9.10. The number of nitro benzene ring substituents is 1. The van der Waals surface area contributed by atoms with Crippen molar-refractivity contribution in [2.45, 2.75) is 13.5 Å². The van der Waals surface area contributed by atoms with Crippen LogP contribution in [-0.2, 0) is 6.54 Å².